The van der Waals surface area contributed by atoms with Gasteiger partial charge in [0.05, 0.1) is 6.54 Å². The van der Waals surface area contributed by atoms with Crippen LogP contribution in [0.5, 0.6) is 11.5 Å². The average molecular weight is 550 g/mol. The van der Waals surface area contributed by atoms with Gasteiger partial charge in [0.25, 0.3) is 5.91 Å². The van der Waals surface area contributed by atoms with E-state index in [2.05, 4.69) is 45.0 Å². The summed E-state index contributed by atoms with van der Waals surface area (Å²) in [6.07, 6.45) is 3.47. The van der Waals surface area contributed by atoms with Crippen molar-refractivity contribution in [1.82, 2.24) is 4.90 Å². The number of carboxylic acids is 1. The Labute approximate surface area is 235 Å². The highest BCUT2D eigenvalue weighted by Gasteiger charge is 2.32. The van der Waals surface area contributed by atoms with E-state index in [1.807, 2.05) is 12.1 Å². The third-order valence-corrected chi connectivity index (χ3v) is 7.14. The Morgan fingerprint density at radius 1 is 1.05 bits per heavy atom. The second-order valence-electron chi connectivity index (χ2n) is 10.9. The van der Waals surface area contributed by atoms with Gasteiger partial charge in [0.1, 0.15) is 30.3 Å². The third kappa shape index (κ3) is 7.99. The summed E-state index contributed by atoms with van der Waals surface area (Å²) < 4.78 is 12.1. The van der Waals surface area contributed by atoms with Gasteiger partial charge < -0.3 is 19.5 Å². The first kappa shape index (κ1) is 28.5. The van der Waals surface area contributed by atoms with Crippen LogP contribution in [0.2, 0.25) is 5.02 Å². The standard InChI is InChI=1S/C32H36ClNO5/c1-22(2)18-23-4-6-24(7-5-23)20-32(3)15-14-25-19-26(8-13-29(25)39-32)31(37)34(21-30(35)36)16-17-38-28-11-9-27(33)10-12-28/h4-13,19,22H,14-18,20-21H2,1-3H3,(H,35,36)/t32-/m0/s1. The van der Waals surface area contributed by atoms with Gasteiger partial charge in [0.15, 0.2) is 0 Å². The molecule has 7 heteroatoms. The largest absolute Gasteiger partial charge is 0.492 e. The van der Waals surface area contributed by atoms with E-state index in [-0.39, 0.29) is 24.7 Å². The molecule has 3 aromatic carbocycles. The van der Waals surface area contributed by atoms with Gasteiger partial charge in [-0.3, -0.25) is 9.59 Å². The van der Waals surface area contributed by atoms with Crippen LogP contribution in [0.4, 0.5) is 0 Å². The Morgan fingerprint density at radius 2 is 1.74 bits per heavy atom. The Bertz CT molecular complexity index is 1290. The van der Waals surface area contributed by atoms with Crippen molar-refractivity contribution >= 4 is 23.5 Å². The molecular formula is C32H36ClNO5. The quantitative estimate of drug-likeness (QED) is 0.296. The van der Waals surface area contributed by atoms with Crippen LogP contribution in [0.25, 0.3) is 0 Å². The molecule has 3 aromatic rings. The molecule has 1 amide bonds. The molecule has 0 aliphatic carbocycles. The predicted molar refractivity (Wildman–Crippen MR) is 153 cm³/mol. The van der Waals surface area contributed by atoms with Gasteiger partial charge in [-0.15, -0.1) is 0 Å². The Morgan fingerprint density at radius 3 is 2.41 bits per heavy atom. The molecule has 39 heavy (non-hydrogen) atoms. The number of hydrogen-bond donors (Lipinski definition) is 1. The first-order valence-corrected chi connectivity index (χ1v) is 13.8. The molecule has 4 rings (SSSR count). The lowest BCUT2D eigenvalue weighted by Gasteiger charge is -2.36. The van der Waals surface area contributed by atoms with Crippen molar-refractivity contribution in [3.63, 3.8) is 0 Å². The van der Waals surface area contributed by atoms with Crippen LogP contribution < -0.4 is 9.47 Å². The first-order chi connectivity index (χ1) is 18.6. The van der Waals surface area contributed by atoms with Crippen molar-refractivity contribution in [1.29, 1.82) is 0 Å². The van der Waals surface area contributed by atoms with E-state index in [0.29, 0.717) is 22.3 Å². The van der Waals surface area contributed by atoms with E-state index < -0.39 is 12.5 Å². The van der Waals surface area contributed by atoms with Crippen molar-refractivity contribution in [2.45, 2.75) is 52.1 Å². The van der Waals surface area contributed by atoms with E-state index in [0.717, 1.165) is 37.0 Å². The molecule has 0 saturated carbocycles. The zero-order valence-corrected chi connectivity index (χ0v) is 23.5. The summed E-state index contributed by atoms with van der Waals surface area (Å²) in [5.74, 6) is 0.566. The molecule has 0 saturated heterocycles. The molecule has 1 atom stereocenters. The number of carbonyl (C=O) groups excluding carboxylic acids is 1. The molecular weight excluding hydrogens is 514 g/mol. The first-order valence-electron chi connectivity index (χ1n) is 13.4. The lowest BCUT2D eigenvalue weighted by atomic mass is 9.86. The number of aryl methyl sites for hydroxylation is 1. The normalized spacial score (nSPS) is 16.3. The summed E-state index contributed by atoms with van der Waals surface area (Å²) in [5.41, 5.74) is 3.64. The fourth-order valence-electron chi connectivity index (χ4n) is 4.95. The van der Waals surface area contributed by atoms with Gasteiger partial charge >= 0.3 is 5.97 Å². The number of carboxylic acid groups (broad SMARTS) is 1. The number of hydrogen-bond acceptors (Lipinski definition) is 4. The van der Waals surface area contributed by atoms with E-state index >= 15 is 0 Å². The Kier molecular flexibility index (Phi) is 9.18. The van der Waals surface area contributed by atoms with E-state index in [9.17, 15) is 14.7 Å². The van der Waals surface area contributed by atoms with Gasteiger partial charge in [-0.05, 0) is 91.3 Å². The van der Waals surface area contributed by atoms with Crippen molar-refractivity contribution in [3.8, 4) is 11.5 Å². The number of nitrogens with zero attached hydrogens (tertiary/aromatic N) is 1. The summed E-state index contributed by atoms with van der Waals surface area (Å²) in [6, 6.07) is 21.0. The summed E-state index contributed by atoms with van der Waals surface area (Å²) in [5, 5.41) is 9.98. The number of ether oxygens (including phenoxy) is 2. The number of aliphatic carboxylic acids is 1. The molecule has 1 heterocycles. The zero-order chi connectivity index (χ0) is 28.0. The summed E-state index contributed by atoms with van der Waals surface area (Å²) in [6.45, 7) is 6.46. The van der Waals surface area contributed by atoms with Gasteiger partial charge in [-0.2, -0.15) is 0 Å². The van der Waals surface area contributed by atoms with Crippen LogP contribution in [0.15, 0.2) is 66.7 Å². The second-order valence-corrected chi connectivity index (χ2v) is 11.3. The van der Waals surface area contributed by atoms with Crippen LogP contribution in [0.1, 0.15) is 54.2 Å². The van der Waals surface area contributed by atoms with Gasteiger partial charge in [0, 0.05) is 17.0 Å². The van der Waals surface area contributed by atoms with E-state index in [4.69, 9.17) is 21.1 Å². The fourth-order valence-corrected chi connectivity index (χ4v) is 5.07. The molecule has 1 aliphatic heterocycles. The maximum Gasteiger partial charge on any atom is 0.323 e. The summed E-state index contributed by atoms with van der Waals surface area (Å²) in [7, 11) is 0. The van der Waals surface area contributed by atoms with Gasteiger partial charge in [-0.25, -0.2) is 0 Å². The van der Waals surface area contributed by atoms with Crippen LogP contribution in [-0.4, -0.2) is 47.2 Å². The minimum absolute atomic E-state index is 0.134. The van der Waals surface area contributed by atoms with Crippen molar-refractivity contribution < 1.29 is 24.2 Å². The van der Waals surface area contributed by atoms with Crippen LogP contribution in [0.3, 0.4) is 0 Å². The SMILES string of the molecule is CC(C)Cc1ccc(C[C@]2(C)CCc3cc(C(=O)N(CCOc4ccc(Cl)cc4)CC(=O)O)ccc3O2)cc1. The molecule has 0 spiro atoms. The molecule has 206 valence electrons. The second kappa shape index (κ2) is 12.6. The lowest BCUT2D eigenvalue weighted by Crippen LogP contribution is -2.39. The molecule has 6 nitrogen and oxygen atoms in total. The number of amides is 1. The number of rotatable bonds is 11. The fraction of sp³-hybridized carbons (Fsp3) is 0.375. The smallest absolute Gasteiger partial charge is 0.323 e. The number of halogens is 1. The molecule has 0 aromatic heterocycles. The maximum absolute atomic E-state index is 13.3. The highest BCUT2D eigenvalue weighted by atomic mass is 35.5. The van der Waals surface area contributed by atoms with Crippen molar-refractivity contribution in [2.24, 2.45) is 5.92 Å². The topological polar surface area (TPSA) is 76.1 Å². The van der Waals surface area contributed by atoms with Crippen LogP contribution in [-0.2, 0) is 24.1 Å². The van der Waals surface area contributed by atoms with Gasteiger partial charge in [-0.1, -0.05) is 49.7 Å². The molecule has 0 unspecified atom stereocenters. The number of carbonyl (C=O) groups is 2. The monoisotopic (exact) mass is 549 g/mol. The third-order valence-electron chi connectivity index (χ3n) is 6.89. The van der Waals surface area contributed by atoms with Crippen LogP contribution >= 0.6 is 11.6 Å². The molecule has 1 aliphatic rings. The minimum atomic E-state index is -1.08. The molecule has 1 N–H and O–H groups in total. The number of benzene rings is 3. The Balaban J connectivity index is 1.40. The lowest BCUT2D eigenvalue weighted by molar-refractivity contribution is -0.137. The Hall–Kier alpha value is -3.51. The maximum atomic E-state index is 13.3. The minimum Gasteiger partial charge on any atom is -0.492 e. The highest BCUT2D eigenvalue weighted by molar-refractivity contribution is 6.30. The van der Waals surface area contributed by atoms with Crippen LogP contribution in [0, 0.1) is 5.92 Å². The van der Waals surface area contributed by atoms with Crippen molar-refractivity contribution in [3.05, 3.63) is 94.0 Å². The number of fused-ring (bicyclic) bond motifs is 1. The van der Waals surface area contributed by atoms with E-state index in [1.54, 1.807) is 30.3 Å². The predicted octanol–water partition coefficient (Wildman–Crippen LogP) is 6.47. The summed E-state index contributed by atoms with van der Waals surface area (Å²) in [4.78, 5) is 26.0. The summed E-state index contributed by atoms with van der Waals surface area (Å²) >= 11 is 5.90. The zero-order valence-electron chi connectivity index (χ0n) is 22.8. The van der Waals surface area contributed by atoms with Gasteiger partial charge in [0.2, 0.25) is 0 Å². The molecule has 0 fully saturated rings. The average Bonchev–Trinajstić information content (AvgIpc) is 2.89. The highest BCUT2D eigenvalue weighted by Crippen LogP contribution is 2.36. The van der Waals surface area contributed by atoms with E-state index in [1.165, 1.54) is 16.0 Å². The molecule has 0 radical (unpaired) electrons. The van der Waals surface area contributed by atoms with Crippen molar-refractivity contribution in [2.75, 3.05) is 19.7 Å². The molecule has 0 bridgehead atoms.